The highest BCUT2D eigenvalue weighted by atomic mass is 16.5. The molecule has 0 aliphatic heterocycles. The van der Waals surface area contributed by atoms with Gasteiger partial charge in [0.15, 0.2) is 0 Å². The average molecular weight is 227 g/mol. The number of nitrogen functional groups attached to an aromatic ring is 2. The largest absolute Gasteiger partial charge is 0.389 e. The number of nitrogens with zero attached hydrogens (tertiary/aromatic N) is 3. The van der Waals surface area contributed by atoms with Gasteiger partial charge in [-0.15, -0.1) is 0 Å². The quantitative estimate of drug-likeness (QED) is 0.596. The summed E-state index contributed by atoms with van der Waals surface area (Å²) in [5.41, 5.74) is 11.0. The van der Waals surface area contributed by atoms with Crippen LogP contribution >= 0.6 is 0 Å². The van der Waals surface area contributed by atoms with Crippen LogP contribution in [0.5, 0.6) is 0 Å². The third-order valence-electron chi connectivity index (χ3n) is 1.98. The van der Waals surface area contributed by atoms with Crippen LogP contribution in [0, 0.1) is 0 Å². The van der Waals surface area contributed by atoms with Crippen LogP contribution in [0.1, 0.15) is 0 Å². The fraction of sp³-hybridized carbons (Fsp3) is 0.556. The second-order valence-electron chi connectivity index (χ2n) is 3.50. The van der Waals surface area contributed by atoms with E-state index < -0.39 is 6.10 Å². The van der Waals surface area contributed by atoms with Crippen molar-refractivity contribution < 1.29 is 9.84 Å². The summed E-state index contributed by atoms with van der Waals surface area (Å²) in [6, 6.07) is 1.59. The molecule has 1 unspecified atom stereocenters. The number of likely N-dealkylation sites (N-methyl/N-ethyl adjacent to an activating group) is 1. The highest BCUT2D eigenvalue weighted by Gasteiger charge is 2.10. The lowest BCUT2D eigenvalue weighted by molar-refractivity contribution is 0.0694. The Hall–Kier alpha value is -1.60. The van der Waals surface area contributed by atoms with Gasteiger partial charge in [-0.3, -0.25) is 0 Å². The lowest BCUT2D eigenvalue weighted by Gasteiger charge is -2.21. The van der Waals surface area contributed by atoms with E-state index in [-0.39, 0.29) is 12.6 Å². The van der Waals surface area contributed by atoms with Gasteiger partial charge in [0.2, 0.25) is 5.95 Å². The normalized spacial score (nSPS) is 12.4. The number of hydrogen-bond donors (Lipinski definition) is 3. The highest BCUT2D eigenvalue weighted by molar-refractivity contribution is 5.49. The minimum atomic E-state index is -0.590. The van der Waals surface area contributed by atoms with Gasteiger partial charge < -0.3 is 26.2 Å². The summed E-state index contributed by atoms with van der Waals surface area (Å²) in [5, 5.41) is 9.55. The fourth-order valence-electron chi connectivity index (χ4n) is 1.32. The van der Waals surface area contributed by atoms with Crippen molar-refractivity contribution in [2.24, 2.45) is 0 Å². The average Bonchev–Trinajstić information content (AvgIpc) is 2.16. The molecule has 5 N–H and O–H groups in total. The molecule has 7 nitrogen and oxygen atoms in total. The second kappa shape index (κ2) is 5.47. The van der Waals surface area contributed by atoms with E-state index in [0.717, 1.165) is 0 Å². The molecular formula is C9H17N5O2. The minimum absolute atomic E-state index is 0.114. The number of aliphatic hydroxyl groups excluding tert-OH is 1. The van der Waals surface area contributed by atoms with Gasteiger partial charge in [0, 0.05) is 26.8 Å². The lowest BCUT2D eigenvalue weighted by atomic mass is 10.3. The van der Waals surface area contributed by atoms with E-state index in [1.807, 2.05) is 0 Å². The maximum Gasteiger partial charge on any atom is 0.223 e. The summed E-state index contributed by atoms with van der Waals surface area (Å²) in [4.78, 5) is 9.50. The molecular weight excluding hydrogens is 210 g/mol. The maximum atomic E-state index is 9.55. The summed E-state index contributed by atoms with van der Waals surface area (Å²) in [6.07, 6.45) is -0.590. The Morgan fingerprint density at radius 3 is 2.75 bits per heavy atom. The highest BCUT2D eigenvalue weighted by Crippen LogP contribution is 2.13. The smallest absolute Gasteiger partial charge is 0.223 e. The Balaban J connectivity index is 2.68. The van der Waals surface area contributed by atoms with Crippen LogP contribution in [0.2, 0.25) is 0 Å². The van der Waals surface area contributed by atoms with Crippen LogP contribution in [0.25, 0.3) is 0 Å². The Labute approximate surface area is 94.0 Å². The molecule has 0 bridgehead atoms. The van der Waals surface area contributed by atoms with E-state index >= 15 is 0 Å². The third kappa shape index (κ3) is 3.52. The Morgan fingerprint density at radius 2 is 2.19 bits per heavy atom. The summed E-state index contributed by atoms with van der Waals surface area (Å²) in [7, 11) is 3.31. The Kier molecular flexibility index (Phi) is 4.27. The van der Waals surface area contributed by atoms with Gasteiger partial charge in [-0.1, -0.05) is 0 Å². The first-order valence-electron chi connectivity index (χ1n) is 4.81. The molecule has 7 heteroatoms. The van der Waals surface area contributed by atoms with Crippen molar-refractivity contribution in [3.63, 3.8) is 0 Å². The standard InChI is InChI=1S/C9H17N5O2/c1-14(4-6(15)5-16-2)8-3-7(10)12-9(11)13-8/h3,6,15H,4-5H2,1-2H3,(H4,10,11,12,13). The predicted octanol–water partition coefficient (Wildman–Crippen LogP) is -0.915. The summed E-state index contributed by atoms with van der Waals surface area (Å²) < 4.78 is 4.83. The molecule has 90 valence electrons. The van der Waals surface area contributed by atoms with Crippen molar-refractivity contribution >= 4 is 17.6 Å². The van der Waals surface area contributed by atoms with Crippen LogP contribution in [0.4, 0.5) is 17.6 Å². The summed E-state index contributed by atoms with van der Waals surface area (Å²) >= 11 is 0. The third-order valence-corrected chi connectivity index (χ3v) is 1.98. The molecule has 0 saturated carbocycles. The van der Waals surface area contributed by atoms with Crippen LogP contribution in [-0.4, -0.2) is 48.5 Å². The topological polar surface area (TPSA) is 111 Å². The van der Waals surface area contributed by atoms with Gasteiger partial charge in [0.1, 0.15) is 11.6 Å². The molecule has 0 aromatic carbocycles. The van der Waals surface area contributed by atoms with Gasteiger partial charge in [-0.05, 0) is 0 Å². The molecule has 1 aromatic heterocycles. The Morgan fingerprint density at radius 1 is 1.50 bits per heavy atom. The molecule has 1 rings (SSSR count). The van der Waals surface area contributed by atoms with Gasteiger partial charge in [-0.25, -0.2) is 0 Å². The molecule has 0 aliphatic rings. The number of aliphatic hydroxyl groups is 1. The van der Waals surface area contributed by atoms with Crippen molar-refractivity contribution in [3.8, 4) is 0 Å². The summed E-state index contributed by atoms with van der Waals surface area (Å²) in [6.45, 7) is 0.643. The van der Waals surface area contributed by atoms with E-state index in [9.17, 15) is 5.11 Å². The molecule has 0 fully saturated rings. The minimum Gasteiger partial charge on any atom is -0.389 e. The van der Waals surface area contributed by atoms with Gasteiger partial charge in [-0.2, -0.15) is 9.97 Å². The molecule has 0 saturated heterocycles. The fourth-order valence-corrected chi connectivity index (χ4v) is 1.32. The molecule has 0 amide bonds. The first kappa shape index (κ1) is 12.5. The monoisotopic (exact) mass is 227 g/mol. The van der Waals surface area contributed by atoms with Crippen molar-refractivity contribution in [2.75, 3.05) is 43.7 Å². The predicted molar refractivity (Wildman–Crippen MR) is 62.0 cm³/mol. The van der Waals surface area contributed by atoms with Crippen molar-refractivity contribution in [1.29, 1.82) is 0 Å². The summed E-state index contributed by atoms with van der Waals surface area (Å²) in [5.74, 6) is 0.985. The molecule has 1 heterocycles. The molecule has 0 radical (unpaired) electrons. The second-order valence-corrected chi connectivity index (χ2v) is 3.50. The number of rotatable bonds is 5. The molecule has 1 atom stereocenters. The number of ether oxygens (including phenoxy) is 1. The van der Waals surface area contributed by atoms with Gasteiger partial charge in [0.25, 0.3) is 0 Å². The van der Waals surface area contributed by atoms with Crippen LogP contribution in [0.15, 0.2) is 6.07 Å². The van der Waals surface area contributed by atoms with E-state index in [2.05, 4.69) is 9.97 Å². The van der Waals surface area contributed by atoms with E-state index in [1.54, 1.807) is 18.0 Å². The lowest BCUT2D eigenvalue weighted by Crippen LogP contribution is -2.32. The van der Waals surface area contributed by atoms with Crippen LogP contribution in [-0.2, 0) is 4.74 Å². The van der Waals surface area contributed by atoms with Crippen molar-refractivity contribution in [2.45, 2.75) is 6.10 Å². The van der Waals surface area contributed by atoms with Crippen molar-refractivity contribution in [3.05, 3.63) is 6.07 Å². The number of nitrogens with two attached hydrogens (primary N) is 2. The van der Waals surface area contributed by atoms with Gasteiger partial charge in [0.05, 0.1) is 12.7 Å². The molecule has 1 aromatic rings. The maximum absolute atomic E-state index is 9.55. The molecule has 0 spiro atoms. The first-order chi connectivity index (χ1) is 7.52. The number of methoxy groups -OCH3 is 1. The zero-order valence-corrected chi connectivity index (χ0v) is 9.42. The SMILES string of the molecule is COCC(O)CN(C)c1cc(N)nc(N)n1. The van der Waals surface area contributed by atoms with Crippen LogP contribution < -0.4 is 16.4 Å². The number of aromatic nitrogens is 2. The number of anilines is 3. The zero-order chi connectivity index (χ0) is 12.1. The van der Waals surface area contributed by atoms with E-state index in [1.165, 1.54) is 7.11 Å². The zero-order valence-electron chi connectivity index (χ0n) is 9.42. The van der Waals surface area contributed by atoms with Crippen LogP contribution in [0.3, 0.4) is 0 Å². The number of hydrogen-bond acceptors (Lipinski definition) is 7. The molecule has 0 aliphatic carbocycles. The van der Waals surface area contributed by atoms with E-state index in [4.69, 9.17) is 16.2 Å². The molecule has 16 heavy (non-hydrogen) atoms. The van der Waals surface area contributed by atoms with Gasteiger partial charge >= 0.3 is 0 Å². The first-order valence-corrected chi connectivity index (χ1v) is 4.81. The van der Waals surface area contributed by atoms with Crippen molar-refractivity contribution in [1.82, 2.24) is 9.97 Å². The van der Waals surface area contributed by atoms with E-state index in [0.29, 0.717) is 18.2 Å². The Bertz CT molecular complexity index is 326.